The molecule has 1 aromatic rings. The molecule has 1 N–H and O–H groups in total. The molecule has 1 amide bonds. The summed E-state index contributed by atoms with van der Waals surface area (Å²) < 4.78 is 0. The normalized spacial score (nSPS) is 38.9. The number of amides is 1. The zero-order valence-corrected chi connectivity index (χ0v) is 15.7. The SMILES string of the molecule is CC1(C)C(=O)N(C2C3CC4CC2CC(O)(C4)C3)N1c1ccc([N+](=O)[O-])cc1. The van der Waals surface area contributed by atoms with Gasteiger partial charge < -0.3 is 5.11 Å². The fraction of sp³-hybridized carbons (Fsp3) is 0.650. The van der Waals surface area contributed by atoms with Crippen LogP contribution in [0, 0.1) is 27.9 Å². The first kappa shape index (κ1) is 17.0. The van der Waals surface area contributed by atoms with Crippen molar-refractivity contribution in [3.63, 3.8) is 0 Å². The Kier molecular flexibility index (Phi) is 3.28. The van der Waals surface area contributed by atoms with Crippen LogP contribution in [-0.4, -0.2) is 38.1 Å². The predicted octanol–water partition coefficient (Wildman–Crippen LogP) is 2.88. The number of hydrogen-bond donors (Lipinski definition) is 1. The molecule has 1 aromatic carbocycles. The van der Waals surface area contributed by atoms with Gasteiger partial charge in [0, 0.05) is 12.1 Å². The van der Waals surface area contributed by atoms with Crippen molar-refractivity contribution in [3.8, 4) is 0 Å². The van der Waals surface area contributed by atoms with Gasteiger partial charge in [0.15, 0.2) is 0 Å². The third-order valence-electron chi connectivity index (χ3n) is 7.26. The number of nitro benzene ring substituents is 1. The molecular weight excluding hydrogens is 346 g/mol. The molecule has 27 heavy (non-hydrogen) atoms. The van der Waals surface area contributed by atoms with E-state index >= 15 is 0 Å². The molecule has 4 aliphatic carbocycles. The Morgan fingerprint density at radius 2 is 1.70 bits per heavy atom. The molecule has 4 saturated carbocycles. The molecule has 6 rings (SSSR count). The molecular formula is C20H25N3O4. The highest BCUT2D eigenvalue weighted by molar-refractivity contribution is 5.98. The lowest BCUT2D eigenvalue weighted by Crippen LogP contribution is -2.80. The maximum Gasteiger partial charge on any atom is 0.269 e. The fourth-order valence-electron chi connectivity index (χ4n) is 6.47. The third kappa shape index (κ3) is 2.27. The van der Waals surface area contributed by atoms with Crippen LogP contribution in [0.3, 0.4) is 0 Å². The number of aliphatic hydroxyl groups is 1. The first-order valence-electron chi connectivity index (χ1n) is 9.80. The smallest absolute Gasteiger partial charge is 0.269 e. The number of carbonyl (C=O) groups excluding carboxylic acids is 1. The lowest BCUT2D eigenvalue weighted by atomic mass is 9.52. The van der Waals surface area contributed by atoms with Gasteiger partial charge in [0.25, 0.3) is 11.6 Å². The van der Waals surface area contributed by atoms with Gasteiger partial charge in [-0.1, -0.05) is 0 Å². The van der Waals surface area contributed by atoms with Gasteiger partial charge in [-0.3, -0.25) is 19.9 Å². The van der Waals surface area contributed by atoms with Crippen molar-refractivity contribution in [1.82, 2.24) is 5.01 Å². The van der Waals surface area contributed by atoms with Gasteiger partial charge in [-0.15, -0.1) is 0 Å². The third-order valence-corrected chi connectivity index (χ3v) is 7.26. The minimum Gasteiger partial charge on any atom is -0.390 e. The summed E-state index contributed by atoms with van der Waals surface area (Å²) in [6.45, 7) is 3.80. The maximum atomic E-state index is 13.1. The lowest BCUT2D eigenvalue weighted by Gasteiger charge is -2.67. The number of nitro groups is 1. The number of carbonyl (C=O) groups is 1. The Balaban J connectivity index is 1.48. The van der Waals surface area contributed by atoms with Gasteiger partial charge in [-0.25, -0.2) is 5.01 Å². The van der Waals surface area contributed by atoms with Crippen molar-refractivity contribution in [1.29, 1.82) is 0 Å². The van der Waals surface area contributed by atoms with Crippen LogP contribution < -0.4 is 5.01 Å². The molecule has 144 valence electrons. The summed E-state index contributed by atoms with van der Waals surface area (Å²) in [5.41, 5.74) is -0.347. The Hall–Kier alpha value is -2.15. The summed E-state index contributed by atoms with van der Waals surface area (Å²) >= 11 is 0. The summed E-state index contributed by atoms with van der Waals surface area (Å²) in [5, 5.41) is 25.7. The predicted molar refractivity (Wildman–Crippen MR) is 98.8 cm³/mol. The molecule has 7 nitrogen and oxygen atoms in total. The molecule has 0 aromatic heterocycles. The summed E-state index contributed by atoms with van der Waals surface area (Å²) in [6.07, 6.45) is 4.65. The lowest BCUT2D eigenvalue weighted by molar-refractivity contribution is -0.384. The van der Waals surface area contributed by atoms with Gasteiger partial charge in [0.2, 0.25) is 0 Å². The van der Waals surface area contributed by atoms with Crippen molar-refractivity contribution < 1.29 is 14.8 Å². The second-order valence-electron chi connectivity index (χ2n) is 9.48. The monoisotopic (exact) mass is 371 g/mol. The van der Waals surface area contributed by atoms with E-state index in [0.29, 0.717) is 17.8 Å². The van der Waals surface area contributed by atoms with Crippen molar-refractivity contribution in [2.75, 3.05) is 5.01 Å². The summed E-state index contributed by atoms with van der Waals surface area (Å²) in [6, 6.07) is 6.56. The van der Waals surface area contributed by atoms with Gasteiger partial charge in [0.05, 0.1) is 22.3 Å². The molecule has 5 fully saturated rings. The molecule has 5 aliphatic rings. The first-order chi connectivity index (χ1) is 12.7. The van der Waals surface area contributed by atoms with Crippen LogP contribution in [0.25, 0.3) is 0 Å². The van der Waals surface area contributed by atoms with Gasteiger partial charge >= 0.3 is 0 Å². The highest BCUT2D eigenvalue weighted by Gasteiger charge is 2.63. The van der Waals surface area contributed by atoms with Crippen LogP contribution in [-0.2, 0) is 4.79 Å². The van der Waals surface area contributed by atoms with Crippen LogP contribution >= 0.6 is 0 Å². The number of benzene rings is 1. The van der Waals surface area contributed by atoms with Gasteiger partial charge in [-0.2, -0.15) is 0 Å². The fourth-order valence-corrected chi connectivity index (χ4v) is 6.47. The van der Waals surface area contributed by atoms with Crippen LogP contribution in [0.5, 0.6) is 0 Å². The average molecular weight is 371 g/mol. The molecule has 7 heteroatoms. The zero-order chi connectivity index (χ0) is 19.1. The number of rotatable bonds is 3. The van der Waals surface area contributed by atoms with Crippen LogP contribution in [0.1, 0.15) is 46.0 Å². The molecule has 1 heterocycles. The molecule has 0 radical (unpaired) electrons. The van der Waals surface area contributed by atoms with Gasteiger partial charge in [0.1, 0.15) is 5.54 Å². The molecule has 1 aliphatic heterocycles. The van der Waals surface area contributed by atoms with E-state index in [1.807, 2.05) is 23.9 Å². The van der Waals surface area contributed by atoms with E-state index in [0.717, 1.165) is 37.8 Å². The Labute approximate surface area is 158 Å². The van der Waals surface area contributed by atoms with E-state index < -0.39 is 16.1 Å². The Morgan fingerprint density at radius 3 is 2.22 bits per heavy atom. The van der Waals surface area contributed by atoms with E-state index in [1.54, 1.807) is 12.1 Å². The zero-order valence-electron chi connectivity index (χ0n) is 15.7. The number of anilines is 1. The number of hydrazine groups is 1. The second kappa shape index (κ2) is 5.22. The topological polar surface area (TPSA) is 86.9 Å². The van der Waals surface area contributed by atoms with Crippen LogP contribution in [0.15, 0.2) is 24.3 Å². The summed E-state index contributed by atoms with van der Waals surface area (Å²) in [4.78, 5) is 23.6. The molecule has 2 unspecified atom stereocenters. The standard InChI is InChI=1S/C20H25N3O4/c1-19(2)18(24)21(22(19)15-3-5-16(6-4-15)23(26)27)17-13-7-12-8-14(17)11-20(25,9-12)10-13/h3-6,12-14,17,25H,7-11H2,1-2H3. The van der Waals surface area contributed by atoms with E-state index in [9.17, 15) is 20.0 Å². The highest BCUT2D eigenvalue weighted by atomic mass is 16.6. The largest absolute Gasteiger partial charge is 0.390 e. The second-order valence-corrected chi connectivity index (χ2v) is 9.48. The van der Waals surface area contributed by atoms with Crippen LogP contribution in [0.4, 0.5) is 11.4 Å². The van der Waals surface area contributed by atoms with E-state index in [2.05, 4.69) is 0 Å². The number of hydrogen-bond acceptors (Lipinski definition) is 5. The maximum absolute atomic E-state index is 13.1. The molecule has 4 bridgehead atoms. The van der Waals surface area contributed by atoms with E-state index in [1.165, 1.54) is 12.1 Å². The van der Waals surface area contributed by atoms with E-state index in [-0.39, 0.29) is 17.6 Å². The van der Waals surface area contributed by atoms with Gasteiger partial charge in [-0.05, 0) is 75.8 Å². The molecule has 2 atom stereocenters. The average Bonchev–Trinajstić information content (AvgIpc) is 2.58. The quantitative estimate of drug-likeness (QED) is 0.652. The Bertz CT molecular complexity index is 805. The first-order valence-corrected chi connectivity index (χ1v) is 9.80. The Morgan fingerprint density at radius 1 is 1.11 bits per heavy atom. The van der Waals surface area contributed by atoms with Crippen molar-refractivity contribution >= 4 is 17.3 Å². The minimum absolute atomic E-state index is 0.0480. The van der Waals surface area contributed by atoms with Crippen molar-refractivity contribution in [2.24, 2.45) is 17.8 Å². The van der Waals surface area contributed by atoms with Crippen LogP contribution in [0.2, 0.25) is 0 Å². The van der Waals surface area contributed by atoms with Crippen molar-refractivity contribution in [2.45, 2.75) is 63.1 Å². The highest BCUT2D eigenvalue weighted by Crippen LogP contribution is 2.58. The number of nitrogens with zero attached hydrogens (tertiary/aromatic N) is 3. The summed E-state index contributed by atoms with van der Waals surface area (Å²) in [5.74, 6) is 1.36. The van der Waals surface area contributed by atoms with Crippen molar-refractivity contribution in [3.05, 3.63) is 34.4 Å². The van der Waals surface area contributed by atoms with E-state index in [4.69, 9.17) is 0 Å². The molecule has 0 spiro atoms. The molecule has 1 saturated heterocycles. The number of non-ortho nitro benzene ring substituents is 1. The minimum atomic E-state index is -0.665. The summed E-state index contributed by atoms with van der Waals surface area (Å²) in [7, 11) is 0.